The summed E-state index contributed by atoms with van der Waals surface area (Å²) in [6.45, 7) is 1.63. The monoisotopic (exact) mass is 1060 g/mol. The summed E-state index contributed by atoms with van der Waals surface area (Å²) in [5.74, 6) is -0.710. The minimum atomic E-state index is -5.62. The molecule has 0 bridgehead atoms. The van der Waals surface area contributed by atoms with Crippen LogP contribution in [0.25, 0.3) is 21.5 Å². The van der Waals surface area contributed by atoms with Crippen LogP contribution in [0.3, 0.4) is 0 Å². The van der Waals surface area contributed by atoms with Crippen LogP contribution in [0.15, 0.2) is 142 Å². The zero-order valence-corrected chi connectivity index (χ0v) is 43.7. The van der Waals surface area contributed by atoms with Crippen LogP contribution in [0.2, 0.25) is 0 Å². The number of azo groups is 2. The van der Waals surface area contributed by atoms with Crippen LogP contribution in [0.5, 0.6) is 0 Å². The Kier molecular flexibility index (Phi) is 16.6. The van der Waals surface area contributed by atoms with Gasteiger partial charge in [-0.25, -0.2) is 16.8 Å². The third-order valence-corrected chi connectivity index (χ3v) is 13.4. The number of anilines is 4. The van der Waals surface area contributed by atoms with Crippen molar-refractivity contribution in [3.63, 3.8) is 0 Å². The first-order valence-electron chi connectivity index (χ1n) is 17.7. The number of rotatable bonds is 13. The van der Waals surface area contributed by atoms with Crippen LogP contribution in [0.1, 0.15) is 5.56 Å². The van der Waals surface area contributed by atoms with E-state index in [1.54, 1.807) is 13.0 Å². The molecule has 0 amide bonds. The van der Waals surface area contributed by atoms with E-state index in [-0.39, 0.29) is 126 Å². The van der Waals surface area contributed by atoms with Crippen LogP contribution < -0.4 is 91.6 Å². The van der Waals surface area contributed by atoms with E-state index in [2.05, 4.69) is 46.0 Å². The maximum atomic E-state index is 14.4. The van der Waals surface area contributed by atoms with Crippen molar-refractivity contribution in [1.82, 2.24) is 15.0 Å². The topological polar surface area (TPSA) is 390 Å². The molecular formula is C36H24FKN9NaO15S5. The average molecular weight is 1060 g/mol. The summed E-state index contributed by atoms with van der Waals surface area (Å²) < 4.78 is 188. The zero-order chi connectivity index (χ0) is 48.1. The molecule has 24 nitrogen and oxygen atoms in total. The number of benzene rings is 6. The summed E-state index contributed by atoms with van der Waals surface area (Å²) in [6, 6.07) is 17.7. The van der Waals surface area contributed by atoms with E-state index in [0.717, 1.165) is 24.3 Å². The Hall–Kier alpha value is -4.23. The second-order valence-corrected chi connectivity index (χ2v) is 20.4. The molecule has 1 heterocycles. The summed E-state index contributed by atoms with van der Waals surface area (Å²) >= 11 is 0. The smallest absolute Gasteiger partial charge is 0.744 e. The fourth-order valence-corrected chi connectivity index (χ4v) is 9.36. The molecule has 342 valence electrons. The predicted octanol–water partition coefficient (Wildman–Crippen LogP) is 0.500. The van der Waals surface area contributed by atoms with Gasteiger partial charge in [0.15, 0.2) is 0 Å². The van der Waals surface area contributed by atoms with Gasteiger partial charge < -0.3 is 19.7 Å². The zero-order valence-electron chi connectivity index (χ0n) is 34.5. The van der Waals surface area contributed by atoms with E-state index in [9.17, 15) is 69.2 Å². The van der Waals surface area contributed by atoms with Crippen molar-refractivity contribution in [3.8, 4) is 0 Å². The number of halogens is 1. The molecule has 0 radical (unpaired) electrons. The van der Waals surface area contributed by atoms with Crippen molar-refractivity contribution in [2.75, 3.05) is 10.6 Å². The molecule has 0 aliphatic carbocycles. The quantitative estimate of drug-likeness (QED) is 0.0596. The van der Waals surface area contributed by atoms with Gasteiger partial charge in [0.05, 0.1) is 43.1 Å². The fraction of sp³-hybridized carbons (Fsp3) is 0.0278. The molecule has 0 fully saturated rings. The standard InChI is InChI=1S/C36H26FN9O15S5.K.Na/c1-18-12-19(38-35-40-34(37)41-36(42-35)39-30-4-2-3-5-31(30)64(53,54)55)6-9-27(18)44-46-28-10-11-29(24-15-21(62(47,48)49)7-8-23(24)28)45-43-20-13-25-26(32(14-20)65(56,57)58)16-22(63(50,51)52)17-33(25)66(59,60)61;;/h2-17H,1H3,(H,47,48,49)(H,50,51,52)(H,53,54,55)(H,56,57,58)(H,59,60,61)(H2,38,39,40,41,42);;/q;2*+1/p-2. The number of aryl methyl sites for hydroxylation is 1. The Morgan fingerprint density at radius 2 is 1.09 bits per heavy atom. The number of fused-ring (bicyclic) bond motifs is 2. The number of nitrogens with one attached hydrogen (secondary N) is 2. The maximum absolute atomic E-state index is 14.4. The van der Waals surface area contributed by atoms with Gasteiger partial charge >= 0.3 is 87.0 Å². The first kappa shape index (κ1) is 54.7. The molecule has 6 aromatic carbocycles. The van der Waals surface area contributed by atoms with Gasteiger partial charge in [-0.05, 0) is 91.3 Å². The summed E-state index contributed by atoms with van der Waals surface area (Å²) in [5, 5.41) is 20.2. The first-order valence-corrected chi connectivity index (χ1v) is 24.8. The van der Waals surface area contributed by atoms with E-state index in [4.69, 9.17) is 0 Å². The normalized spacial score (nSPS) is 12.6. The Morgan fingerprint density at radius 3 is 1.69 bits per heavy atom. The number of hydrogen-bond acceptors (Lipinski definition) is 21. The second kappa shape index (κ2) is 20.6. The van der Waals surface area contributed by atoms with E-state index in [0.29, 0.717) is 23.4 Å². The SMILES string of the molecule is Cc1cc(Nc2nc(F)nc(Nc3ccccc3S(=O)(=O)O)n2)ccc1N=Nc1ccc(N=Nc2cc(S(=O)(=O)O)c3cc(S(=O)(=O)[O-])cc(S(=O)(=O)[O-])c3c2)c2cc(S(=O)(=O)O)ccc12.[K+].[Na+]. The molecule has 1 aromatic heterocycles. The molecule has 0 aliphatic rings. The van der Waals surface area contributed by atoms with Crippen molar-refractivity contribution in [3.05, 3.63) is 109 Å². The molecule has 0 atom stereocenters. The number of aromatic nitrogens is 3. The Labute approximate surface area is 449 Å². The summed E-state index contributed by atoms with van der Waals surface area (Å²) in [6.07, 6.45) is -1.24. The minimum Gasteiger partial charge on any atom is -0.744 e. The van der Waals surface area contributed by atoms with Crippen LogP contribution in [-0.4, -0.2) is 79.8 Å². The largest absolute Gasteiger partial charge is 1.00 e. The van der Waals surface area contributed by atoms with E-state index in [1.807, 2.05) is 0 Å². The van der Waals surface area contributed by atoms with Crippen molar-refractivity contribution in [1.29, 1.82) is 0 Å². The molecule has 0 saturated heterocycles. The van der Waals surface area contributed by atoms with Gasteiger partial charge in [0.25, 0.3) is 30.4 Å². The molecule has 32 heteroatoms. The van der Waals surface area contributed by atoms with E-state index in [1.165, 1.54) is 48.5 Å². The van der Waals surface area contributed by atoms with Crippen LogP contribution >= 0.6 is 0 Å². The molecule has 68 heavy (non-hydrogen) atoms. The molecule has 7 aromatic rings. The molecular weight excluding hydrogens is 1040 g/mol. The maximum Gasteiger partial charge on any atom is 1.00 e. The van der Waals surface area contributed by atoms with Crippen molar-refractivity contribution < 1.29 is 150 Å². The van der Waals surface area contributed by atoms with Crippen molar-refractivity contribution >= 4 is 118 Å². The molecule has 0 saturated carbocycles. The Bertz CT molecular complexity index is 3860. The van der Waals surface area contributed by atoms with E-state index >= 15 is 0 Å². The third kappa shape index (κ3) is 12.7. The van der Waals surface area contributed by atoms with Gasteiger partial charge in [0, 0.05) is 27.2 Å². The first-order chi connectivity index (χ1) is 30.6. The van der Waals surface area contributed by atoms with Gasteiger partial charge in [-0.3, -0.25) is 13.7 Å². The van der Waals surface area contributed by atoms with Crippen LogP contribution in [0, 0.1) is 13.0 Å². The van der Waals surface area contributed by atoms with E-state index < -0.39 is 104 Å². The number of hydrogen-bond donors (Lipinski definition) is 5. The Balaban J connectivity index is 0.00000432. The minimum absolute atomic E-state index is 0. The molecule has 7 rings (SSSR count). The van der Waals surface area contributed by atoms with Gasteiger partial charge in [0.1, 0.15) is 30.0 Å². The van der Waals surface area contributed by atoms with Crippen molar-refractivity contribution in [2.45, 2.75) is 31.4 Å². The average Bonchev–Trinajstić information content (AvgIpc) is 3.20. The summed E-state index contributed by atoms with van der Waals surface area (Å²) in [7, 11) is -25.9. The summed E-state index contributed by atoms with van der Waals surface area (Å²) in [5.41, 5.74) is 0.314. The molecule has 0 unspecified atom stereocenters. The second-order valence-electron chi connectivity index (χ2n) is 13.5. The third-order valence-electron chi connectivity index (χ3n) is 9.04. The number of nitrogens with zero attached hydrogens (tertiary/aromatic N) is 7. The number of para-hydroxylation sites is 1. The fourth-order valence-electron chi connectivity index (χ4n) is 6.18. The van der Waals surface area contributed by atoms with Crippen LogP contribution in [-0.2, 0) is 50.6 Å². The van der Waals surface area contributed by atoms with Crippen molar-refractivity contribution in [2.24, 2.45) is 20.5 Å². The summed E-state index contributed by atoms with van der Waals surface area (Å²) in [4.78, 5) is 6.21. The molecule has 0 aliphatic heterocycles. The molecule has 5 N–H and O–H groups in total. The molecule has 0 spiro atoms. The van der Waals surface area contributed by atoms with Gasteiger partial charge in [-0.15, -0.1) is 10.2 Å². The van der Waals surface area contributed by atoms with Gasteiger partial charge in [-0.1, -0.05) is 18.2 Å². The van der Waals surface area contributed by atoms with Crippen LogP contribution in [0.4, 0.5) is 50.4 Å². The van der Waals surface area contributed by atoms with Gasteiger partial charge in [0.2, 0.25) is 11.9 Å². The van der Waals surface area contributed by atoms with Gasteiger partial charge in [-0.2, -0.15) is 54.8 Å². The predicted molar refractivity (Wildman–Crippen MR) is 226 cm³/mol. The Morgan fingerprint density at radius 1 is 0.529 bits per heavy atom.